The number of pyridine rings is 1. The first-order chi connectivity index (χ1) is 9.24. The van der Waals surface area contributed by atoms with E-state index in [1.807, 2.05) is 0 Å². The maximum atomic E-state index is 4.91. The number of hydrogen-bond donors (Lipinski definition) is 0. The van der Waals surface area contributed by atoms with Gasteiger partial charge in [-0.15, -0.1) is 0 Å². The summed E-state index contributed by atoms with van der Waals surface area (Å²) in [5.74, 6) is 0. The Morgan fingerprint density at radius 1 is 1.11 bits per heavy atom. The van der Waals surface area contributed by atoms with Gasteiger partial charge in [0.2, 0.25) is 0 Å². The number of hydrogen-bond acceptors (Lipinski definition) is 2. The van der Waals surface area contributed by atoms with Crippen LogP contribution in [0.3, 0.4) is 0 Å². The summed E-state index contributed by atoms with van der Waals surface area (Å²) in [7, 11) is 2.24. The smallest absolute Gasteiger partial charge is 0.0705 e. The average molecular weight is 252 g/mol. The van der Waals surface area contributed by atoms with Crippen LogP contribution in [0.1, 0.15) is 24.1 Å². The topological polar surface area (TPSA) is 16.1 Å². The molecule has 19 heavy (non-hydrogen) atoms. The summed E-state index contributed by atoms with van der Waals surface area (Å²) in [6, 6.07) is 10.9. The molecule has 2 heterocycles. The Bertz CT molecular complexity index is 578. The van der Waals surface area contributed by atoms with Crippen LogP contribution in [0, 0.1) is 5.41 Å². The van der Waals surface area contributed by atoms with Crippen LogP contribution in [0.15, 0.2) is 30.3 Å². The van der Waals surface area contributed by atoms with Crippen LogP contribution in [0.4, 0.5) is 0 Å². The molecule has 0 radical (unpaired) electrons. The van der Waals surface area contributed by atoms with Crippen molar-refractivity contribution in [1.82, 2.24) is 9.88 Å². The Hall–Kier alpha value is -1.41. The lowest BCUT2D eigenvalue weighted by molar-refractivity contribution is 0.131. The average Bonchev–Trinajstić information content (AvgIpc) is 2.77. The van der Waals surface area contributed by atoms with Gasteiger partial charge in [0.05, 0.1) is 5.52 Å². The van der Waals surface area contributed by atoms with Crippen molar-refractivity contribution in [2.45, 2.75) is 25.7 Å². The van der Waals surface area contributed by atoms with E-state index in [1.54, 1.807) is 0 Å². The van der Waals surface area contributed by atoms with Crippen molar-refractivity contribution in [2.24, 2.45) is 5.41 Å². The zero-order chi connectivity index (χ0) is 12.9. The van der Waals surface area contributed by atoms with Crippen molar-refractivity contribution >= 4 is 10.9 Å². The first-order valence-corrected chi connectivity index (χ1v) is 7.30. The molecule has 0 unspecified atom stereocenters. The van der Waals surface area contributed by atoms with Gasteiger partial charge in [-0.25, -0.2) is 0 Å². The van der Waals surface area contributed by atoms with Gasteiger partial charge in [0.1, 0.15) is 0 Å². The van der Waals surface area contributed by atoms with Crippen LogP contribution in [0.25, 0.3) is 10.9 Å². The van der Waals surface area contributed by atoms with Crippen molar-refractivity contribution < 1.29 is 0 Å². The molecule has 2 aliphatic rings. The molecule has 1 saturated heterocycles. The van der Waals surface area contributed by atoms with Crippen molar-refractivity contribution in [3.8, 4) is 0 Å². The maximum absolute atomic E-state index is 4.91. The Morgan fingerprint density at radius 3 is 2.74 bits per heavy atom. The predicted molar refractivity (Wildman–Crippen MR) is 78.3 cm³/mol. The van der Waals surface area contributed by atoms with Crippen LogP contribution in [-0.2, 0) is 12.8 Å². The highest BCUT2D eigenvalue weighted by atomic mass is 15.1. The summed E-state index contributed by atoms with van der Waals surface area (Å²) in [5.41, 5.74) is 4.54. The molecule has 2 nitrogen and oxygen atoms in total. The summed E-state index contributed by atoms with van der Waals surface area (Å²) >= 11 is 0. The molecule has 98 valence electrons. The first-order valence-electron chi connectivity index (χ1n) is 7.30. The lowest BCUT2D eigenvalue weighted by atomic mass is 9.76. The van der Waals surface area contributed by atoms with E-state index >= 15 is 0 Å². The molecular formula is C17H20N2. The van der Waals surface area contributed by atoms with Crippen molar-refractivity contribution in [3.63, 3.8) is 0 Å². The van der Waals surface area contributed by atoms with E-state index in [2.05, 4.69) is 42.3 Å². The van der Waals surface area contributed by atoms with E-state index < -0.39 is 0 Å². The molecule has 1 aromatic heterocycles. The Kier molecular flexibility index (Phi) is 2.43. The normalized spacial score (nSPS) is 21.9. The van der Waals surface area contributed by atoms with Crippen molar-refractivity contribution in [1.29, 1.82) is 0 Å². The molecular weight excluding hydrogens is 232 g/mol. The number of nitrogens with zero attached hydrogens (tertiary/aromatic N) is 2. The van der Waals surface area contributed by atoms with Crippen LogP contribution in [0.5, 0.6) is 0 Å². The summed E-state index contributed by atoms with van der Waals surface area (Å²) in [5, 5.41) is 1.30. The van der Waals surface area contributed by atoms with Gasteiger partial charge in [-0.1, -0.05) is 18.2 Å². The van der Waals surface area contributed by atoms with Gasteiger partial charge in [-0.05, 0) is 68.9 Å². The minimum absolute atomic E-state index is 0.513. The second-order valence-corrected chi connectivity index (χ2v) is 6.44. The Morgan fingerprint density at radius 2 is 1.89 bits per heavy atom. The number of para-hydroxylation sites is 1. The summed E-state index contributed by atoms with van der Waals surface area (Å²) in [6.45, 7) is 2.49. The molecule has 1 fully saturated rings. The predicted octanol–water partition coefficient (Wildman–Crippen LogP) is 3.05. The van der Waals surface area contributed by atoms with Crippen molar-refractivity contribution in [2.75, 3.05) is 20.1 Å². The highest BCUT2D eigenvalue weighted by Gasteiger charge is 2.39. The Labute approximate surface area is 114 Å². The first kappa shape index (κ1) is 11.4. The van der Waals surface area contributed by atoms with Gasteiger partial charge in [-0.2, -0.15) is 0 Å². The molecule has 1 spiro atoms. The minimum Gasteiger partial charge on any atom is -0.306 e. The highest BCUT2D eigenvalue weighted by molar-refractivity contribution is 5.79. The summed E-state index contributed by atoms with van der Waals surface area (Å²) < 4.78 is 0. The zero-order valence-electron chi connectivity index (χ0n) is 11.5. The zero-order valence-corrected chi connectivity index (χ0v) is 11.5. The summed E-state index contributed by atoms with van der Waals surface area (Å²) in [4.78, 5) is 7.37. The van der Waals surface area contributed by atoms with Gasteiger partial charge in [0, 0.05) is 11.1 Å². The quantitative estimate of drug-likeness (QED) is 0.716. The van der Waals surface area contributed by atoms with Gasteiger partial charge in [-0.3, -0.25) is 4.98 Å². The van der Waals surface area contributed by atoms with Crippen LogP contribution < -0.4 is 0 Å². The highest BCUT2D eigenvalue weighted by Crippen LogP contribution is 2.44. The SMILES string of the molecule is CN1CCC2(CC1)Cc1cc3ccccc3nc1C2. The molecule has 0 N–H and O–H groups in total. The molecule has 0 bridgehead atoms. The standard InChI is InChI=1S/C17H20N2/c1-19-8-6-17(7-9-19)11-14-10-13-4-2-3-5-15(13)18-16(14)12-17/h2-5,10H,6-9,11-12H2,1H3. The molecule has 2 aromatic rings. The molecule has 1 aliphatic heterocycles. The molecule has 0 atom stereocenters. The van der Waals surface area contributed by atoms with Gasteiger partial charge < -0.3 is 4.90 Å². The van der Waals surface area contributed by atoms with Gasteiger partial charge in [0.15, 0.2) is 0 Å². The number of fused-ring (bicyclic) bond motifs is 2. The molecule has 0 amide bonds. The number of benzene rings is 1. The third kappa shape index (κ3) is 1.86. The summed E-state index contributed by atoms with van der Waals surface area (Å²) in [6.07, 6.45) is 5.10. The van der Waals surface area contributed by atoms with E-state index in [9.17, 15) is 0 Å². The van der Waals surface area contributed by atoms with E-state index in [4.69, 9.17) is 4.98 Å². The van der Waals surface area contributed by atoms with E-state index in [1.165, 1.54) is 55.4 Å². The molecule has 0 saturated carbocycles. The fourth-order valence-electron chi connectivity index (χ4n) is 3.77. The Balaban J connectivity index is 1.72. The maximum Gasteiger partial charge on any atom is 0.0705 e. The number of piperidine rings is 1. The van der Waals surface area contributed by atoms with Crippen LogP contribution >= 0.6 is 0 Å². The lowest BCUT2D eigenvalue weighted by Crippen LogP contribution is -2.38. The van der Waals surface area contributed by atoms with Gasteiger partial charge >= 0.3 is 0 Å². The third-order valence-corrected chi connectivity index (χ3v) is 5.05. The molecule has 2 heteroatoms. The van der Waals surface area contributed by atoms with E-state index in [-0.39, 0.29) is 0 Å². The fraction of sp³-hybridized carbons (Fsp3) is 0.471. The van der Waals surface area contributed by atoms with Crippen LogP contribution in [0.2, 0.25) is 0 Å². The van der Waals surface area contributed by atoms with E-state index in [0.717, 1.165) is 5.52 Å². The van der Waals surface area contributed by atoms with E-state index in [0.29, 0.717) is 5.41 Å². The monoisotopic (exact) mass is 252 g/mol. The van der Waals surface area contributed by atoms with Crippen molar-refractivity contribution in [3.05, 3.63) is 41.6 Å². The number of aromatic nitrogens is 1. The second kappa shape index (κ2) is 4.04. The minimum atomic E-state index is 0.513. The third-order valence-electron chi connectivity index (χ3n) is 5.05. The second-order valence-electron chi connectivity index (χ2n) is 6.44. The number of rotatable bonds is 0. The molecule has 1 aromatic carbocycles. The lowest BCUT2D eigenvalue weighted by Gasteiger charge is -2.37. The largest absolute Gasteiger partial charge is 0.306 e. The van der Waals surface area contributed by atoms with Gasteiger partial charge in [0.25, 0.3) is 0 Å². The molecule has 1 aliphatic carbocycles. The number of likely N-dealkylation sites (tertiary alicyclic amines) is 1. The fourth-order valence-corrected chi connectivity index (χ4v) is 3.77. The molecule has 4 rings (SSSR count). The van der Waals surface area contributed by atoms with Crippen LogP contribution in [-0.4, -0.2) is 30.0 Å².